The standard InChI is InChI=1S/C26H26F2N6O4.C3H6O/c1-15-9-18(38-24-5-7-29-22(32-24)14-37-25-19(28)11-17(27)12-30-25)6-8-34(15)13-23-31-20-4-3-16(26(35)36)10-21(20)33(23)2;1-2-4-3-1/h3-5,7,10-12,15,18H,6,8-9,13-14H2,1-2H3,(H,35,36);1-3H2. The van der Waals surface area contributed by atoms with Crippen molar-refractivity contribution < 1.29 is 32.9 Å². The number of carboxylic acid groups (broad SMARTS) is 1. The molecule has 2 aliphatic rings. The summed E-state index contributed by atoms with van der Waals surface area (Å²) in [4.78, 5) is 30.4. The number of benzene rings is 1. The number of rotatable bonds is 8. The maximum absolute atomic E-state index is 13.7. The molecule has 1 aromatic carbocycles. The average Bonchev–Trinajstić information content (AvgIpc) is 3.23. The fraction of sp³-hybridized carbons (Fsp3) is 0.414. The summed E-state index contributed by atoms with van der Waals surface area (Å²) in [6.07, 6.45) is 5.18. The van der Waals surface area contributed by atoms with Crippen LogP contribution in [0.15, 0.2) is 42.7 Å². The Balaban J connectivity index is 0.000000813. The van der Waals surface area contributed by atoms with Crippen LogP contribution >= 0.6 is 0 Å². The van der Waals surface area contributed by atoms with Crippen molar-refractivity contribution in [3.63, 3.8) is 0 Å². The summed E-state index contributed by atoms with van der Waals surface area (Å²) in [6, 6.07) is 7.50. The molecule has 13 heteroatoms. The van der Waals surface area contributed by atoms with Crippen LogP contribution in [0.5, 0.6) is 11.8 Å². The SMILES string of the molecule is C1COC1.CC1CC(Oc2ccnc(COc3ncc(F)cc3F)n2)CCN1Cc1nc2ccc(C(=O)O)cc2n1C. The number of pyridine rings is 1. The molecule has 5 heterocycles. The molecule has 0 aliphatic carbocycles. The third-order valence-electron chi connectivity index (χ3n) is 7.19. The Morgan fingerprint density at radius 1 is 1.17 bits per heavy atom. The molecule has 0 bridgehead atoms. The summed E-state index contributed by atoms with van der Waals surface area (Å²) in [5.74, 6) is -1.45. The van der Waals surface area contributed by atoms with Crippen molar-refractivity contribution in [2.75, 3.05) is 19.8 Å². The fourth-order valence-corrected chi connectivity index (χ4v) is 4.69. The van der Waals surface area contributed by atoms with Gasteiger partial charge in [-0.15, -0.1) is 0 Å². The van der Waals surface area contributed by atoms with E-state index in [1.807, 2.05) is 11.6 Å². The van der Waals surface area contributed by atoms with E-state index >= 15 is 0 Å². The van der Waals surface area contributed by atoms with Gasteiger partial charge in [0.2, 0.25) is 5.88 Å². The Hall–Kier alpha value is -4.23. The number of hydrogen-bond donors (Lipinski definition) is 1. The highest BCUT2D eigenvalue weighted by Gasteiger charge is 2.28. The number of piperidine rings is 1. The van der Waals surface area contributed by atoms with Gasteiger partial charge in [0.15, 0.2) is 11.6 Å². The van der Waals surface area contributed by atoms with Gasteiger partial charge in [-0.05, 0) is 44.4 Å². The molecule has 4 aromatic rings. The van der Waals surface area contributed by atoms with E-state index in [4.69, 9.17) is 19.2 Å². The Morgan fingerprint density at radius 2 is 1.95 bits per heavy atom. The van der Waals surface area contributed by atoms with Gasteiger partial charge in [-0.2, -0.15) is 4.98 Å². The number of carboxylic acids is 1. The van der Waals surface area contributed by atoms with E-state index in [-0.39, 0.29) is 36.0 Å². The fourth-order valence-electron chi connectivity index (χ4n) is 4.69. The van der Waals surface area contributed by atoms with Gasteiger partial charge < -0.3 is 23.9 Å². The monoisotopic (exact) mass is 582 g/mol. The molecular formula is C29H32F2N6O5. The van der Waals surface area contributed by atoms with E-state index in [9.17, 15) is 18.7 Å². The minimum Gasteiger partial charge on any atom is -0.478 e. The Labute approximate surface area is 241 Å². The van der Waals surface area contributed by atoms with E-state index in [1.54, 1.807) is 24.3 Å². The number of nitrogens with zero attached hydrogens (tertiary/aromatic N) is 6. The van der Waals surface area contributed by atoms with Gasteiger partial charge in [0.1, 0.15) is 24.4 Å². The van der Waals surface area contributed by atoms with Crippen molar-refractivity contribution in [3.05, 3.63) is 71.6 Å². The Morgan fingerprint density at radius 3 is 2.64 bits per heavy atom. The lowest BCUT2D eigenvalue weighted by molar-refractivity contribution is 0.0367. The van der Waals surface area contributed by atoms with Crippen LogP contribution in [-0.4, -0.2) is 72.4 Å². The number of fused-ring (bicyclic) bond motifs is 1. The van der Waals surface area contributed by atoms with Crippen molar-refractivity contribution in [2.24, 2.45) is 7.05 Å². The minimum absolute atomic E-state index is 0.0558. The van der Waals surface area contributed by atoms with Crippen molar-refractivity contribution in [1.82, 2.24) is 29.4 Å². The lowest BCUT2D eigenvalue weighted by Gasteiger charge is -2.37. The van der Waals surface area contributed by atoms with Gasteiger partial charge in [0.25, 0.3) is 5.88 Å². The first-order valence-electron chi connectivity index (χ1n) is 13.7. The molecule has 2 fully saturated rings. The maximum atomic E-state index is 13.7. The first-order chi connectivity index (χ1) is 20.3. The highest BCUT2D eigenvalue weighted by atomic mass is 19.1. The van der Waals surface area contributed by atoms with Crippen LogP contribution in [0.2, 0.25) is 0 Å². The largest absolute Gasteiger partial charge is 0.478 e. The molecule has 11 nitrogen and oxygen atoms in total. The van der Waals surface area contributed by atoms with Crippen molar-refractivity contribution >= 4 is 17.0 Å². The average molecular weight is 583 g/mol. The quantitative estimate of drug-likeness (QED) is 0.324. The second kappa shape index (κ2) is 13.2. The first kappa shape index (κ1) is 29.3. The number of aromatic nitrogens is 5. The lowest BCUT2D eigenvalue weighted by Crippen LogP contribution is -2.44. The van der Waals surface area contributed by atoms with E-state index in [2.05, 4.69) is 26.8 Å². The van der Waals surface area contributed by atoms with E-state index in [0.29, 0.717) is 18.5 Å². The molecule has 0 saturated carbocycles. The summed E-state index contributed by atoms with van der Waals surface area (Å²) in [5, 5.41) is 9.28. The van der Waals surface area contributed by atoms with E-state index in [1.165, 1.54) is 12.6 Å². The number of likely N-dealkylation sites (tertiary alicyclic amines) is 1. The predicted molar refractivity (Wildman–Crippen MR) is 147 cm³/mol. The smallest absolute Gasteiger partial charge is 0.335 e. The van der Waals surface area contributed by atoms with E-state index in [0.717, 1.165) is 55.7 Å². The second-order valence-electron chi connectivity index (χ2n) is 10.2. The summed E-state index contributed by atoms with van der Waals surface area (Å²) in [7, 11) is 1.90. The predicted octanol–water partition coefficient (Wildman–Crippen LogP) is 4.15. The van der Waals surface area contributed by atoms with Crippen molar-refractivity contribution in [3.8, 4) is 11.8 Å². The van der Waals surface area contributed by atoms with Gasteiger partial charge in [0.05, 0.1) is 29.3 Å². The molecule has 2 saturated heterocycles. The number of hydrogen-bond acceptors (Lipinski definition) is 9. The molecule has 42 heavy (non-hydrogen) atoms. The highest BCUT2D eigenvalue weighted by Crippen LogP contribution is 2.25. The maximum Gasteiger partial charge on any atom is 0.335 e. The third-order valence-corrected chi connectivity index (χ3v) is 7.19. The third kappa shape index (κ3) is 7.15. The zero-order valence-corrected chi connectivity index (χ0v) is 23.4. The molecule has 6 rings (SSSR count). The minimum atomic E-state index is -0.965. The summed E-state index contributed by atoms with van der Waals surface area (Å²) < 4.78 is 44.8. The Bertz CT molecular complexity index is 1540. The van der Waals surface area contributed by atoms with Crippen LogP contribution in [0.3, 0.4) is 0 Å². The van der Waals surface area contributed by atoms with Crippen LogP contribution < -0.4 is 9.47 Å². The summed E-state index contributed by atoms with van der Waals surface area (Å²) in [5.41, 5.74) is 1.78. The molecule has 3 aromatic heterocycles. The summed E-state index contributed by atoms with van der Waals surface area (Å²) >= 11 is 0. The van der Waals surface area contributed by atoms with Gasteiger partial charge in [-0.25, -0.2) is 28.5 Å². The number of aromatic carboxylic acids is 1. The van der Waals surface area contributed by atoms with E-state index < -0.39 is 17.6 Å². The molecule has 0 spiro atoms. The molecule has 222 valence electrons. The molecular weight excluding hydrogens is 550 g/mol. The second-order valence-corrected chi connectivity index (χ2v) is 10.2. The summed E-state index contributed by atoms with van der Waals surface area (Å²) in [6.45, 7) is 5.40. The molecule has 2 unspecified atom stereocenters. The molecule has 2 aliphatic heterocycles. The first-order valence-corrected chi connectivity index (χ1v) is 13.7. The number of aryl methyl sites for hydroxylation is 1. The van der Waals surface area contributed by atoms with Crippen LogP contribution in [0.4, 0.5) is 8.78 Å². The zero-order valence-electron chi connectivity index (χ0n) is 23.4. The van der Waals surface area contributed by atoms with Gasteiger partial charge in [-0.3, -0.25) is 4.90 Å². The van der Waals surface area contributed by atoms with Crippen LogP contribution in [0.1, 0.15) is 48.2 Å². The highest BCUT2D eigenvalue weighted by molar-refractivity contribution is 5.92. The Kier molecular flexibility index (Phi) is 9.18. The number of imidazole rings is 1. The lowest BCUT2D eigenvalue weighted by atomic mass is 10.0. The topological polar surface area (TPSA) is 125 Å². The van der Waals surface area contributed by atoms with Crippen molar-refractivity contribution in [2.45, 2.75) is 51.5 Å². The molecule has 2 atom stereocenters. The molecule has 0 amide bonds. The van der Waals surface area contributed by atoms with Crippen molar-refractivity contribution in [1.29, 1.82) is 0 Å². The van der Waals surface area contributed by atoms with Crippen LogP contribution in [-0.2, 0) is 24.9 Å². The number of ether oxygens (including phenoxy) is 3. The van der Waals surface area contributed by atoms with Crippen LogP contribution in [0, 0.1) is 11.6 Å². The molecule has 1 N–H and O–H groups in total. The molecule has 0 radical (unpaired) electrons. The van der Waals surface area contributed by atoms with Crippen LogP contribution in [0.25, 0.3) is 11.0 Å². The van der Waals surface area contributed by atoms with Gasteiger partial charge in [-0.1, -0.05) is 0 Å². The van der Waals surface area contributed by atoms with Gasteiger partial charge in [0, 0.05) is 51.2 Å². The number of halogens is 2. The van der Waals surface area contributed by atoms with Gasteiger partial charge >= 0.3 is 5.97 Å². The normalized spacial score (nSPS) is 18.6. The number of carbonyl (C=O) groups is 1. The zero-order chi connectivity index (χ0) is 29.6.